The van der Waals surface area contributed by atoms with Gasteiger partial charge >= 0.3 is 0 Å². The lowest BCUT2D eigenvalue weighted by Gasteiger charge is -2.24. The van der Waals surface area contributed by atoms with Gasteiger partial charge in [0, 0.05) is 22.9 Å². The molecule has 1 aliphatic heterocycles. The molecular weight excluding hydrogens is 186 g/mol. The van der Waals surface area contributed by atoms with Crippen molar-refractivity contribution < 1.29 is 4.79 Å². The van der Waals surface area contributed by atoms with Crippen LogP contribution in [0, 0.1) is 0 Å². The van der Waals surface area contributed by atoms with Gasteiger partial charge in [-0.1, -0.05) is 31.7 Å². The summed E-state index contributed by atoms with van der Waals surface area (Å²) in [5.41, 5.74) is 2.59. The van der Waals surface area contributed by atoms with Crippen LogP contribution in [-0.4, -0.2) is 16.8 Å². The van der Waals surface area contributed by atoms with E-state index < -0.39 is 0 Å². The van der Waals surface area contributed by atoms with Crippen LogP contribution in [0.2, 0.25) is 0 Å². The van der Waals surface area contributed by atoms with Gasteiger partial charge in [0.25, 0.3) is 5.91 Å². The molecule has 0 radical (unpaired) electrons. The Balaban J connectivity index is 2.45. The van der Waals surface area contributed by atoms with E-state index in [0.29, 0.717) is 0 Å². The van der Waals surface area contributed by atoms with Crippen molar-refractivity contribution >= 4 is 11.6 Å². The number of nitrogens with zero attached hydrogens (tertiary/aromatic N) is 1. The van der Waals surface area contributed by atoms with Crippen molar-refractivity contribution in [3.63, 3.8) is 0 Å². The van der Waals surface area contributed by atoms with Gasteiger partial charge in [-0.3, -0.25) is 4.79 Å². The van der Waals surface area contributed by atoms with Gasteiger partial charge in [0.05, 0.1) is 0 Å². The Labute approximate surface area is 90.2 Å². The second kappa shape index (κ2) is 3.54. The maximum atomic E-state index is 12.1. The fraction of sp³-hybridized carbons (Fsp3) is 0.308. The first-order chi connectivity index (χ1) is 7.16. The normalized spacial score (nSPS) is 16.8. The summed E-state index contributed by atoms with van der Waals surface area (Å²) in [6.07, 6.45) is 0.943. The Morgan fingerprint density at radius 1 is 1.33 bits per heavy atom. The van der Waals surface area contributed by atoms with E-state index in [9.17, 15) is 4.79 Å². The second-order valence-electron chi connectivity index (χ2n) is 3.92. The minimum Gasteiger partial charge on any atom is -0.306 e. The van der Waals surface area contributed by atoms with E-state index in [-0.39, 0.29) is 11.9 Å². The maximum absolute atomic E-state index is 12.1. The first kappa shape index (κ1) is 9.97. The molecule has 15 heavy (non-hydrogen) atoms. The van der Waals surface area contributed by atoms with Gasteiger partial charge in [-0.2, -0.15) is 0 Å². The smallest absolute Gasteiger partial charge is 0.259 e. The van der Waals surface area contributed by atoms with Crippen LogP contribution in [0.4, 0.5) is 0 Å². The molecule has 0 N–H and O–H groups in total. The van der Waals surface area contributed by atoms with Crippen LogP contribution in [0.5, 0.6) is 0 Å². The predicted octanol–water partition coefficient (Wildman–Crippen LogP) is 2.91. The minimum atomic E-state index is 0.0879. The monoisotopic (exact) mass is 201 g/mol. The number of fused-ring (bicyclic) bond motifs is 1. The highest BCUT2D eigenvalue weighted by molar-refractivity contribution is 6.08. The fourth-order valence-corrected chi connectivity index (χ4v) is 1.95. The van der Waals surface area contributed by atoms with Gasteiger partial charge in [-0.15, -0.1) is 0 Å². The summed E-state index contributed by atoms with van der Waals surface area (Å²) in [5, 5.41) is 0. The topological polar surface area (TPSA) is 20.3 Å². The first-order valence-electron chi connectivity index (χ1n) is 5.28. The molecule has 0 spiro atoms. The van der Waals surface area contributed by atoms with E-state index in [2.05, 4.69) is 20.4 Å². The molecule has 0 saturated heterocycles. The number of carbonyl (C=O) groups excluding carboxylic acids is 1. The molecule has 1 atom stereocenters. The molecule has 2 heteroatoms. The van der Waals surface area contributed by atoms with Gasteiger partial charge in [-0.25, -0.2) is 0 Å². The van der Waals surface area contributed by atoms with Crippen LogP contribution >= 0.6 is 0 Å². The zero-order valence-corrected chi connectivity index (χ0v) is 9.16. The van der Waals surface area contributed by atoms with E-state index in [1.807, 2.05) is 24.3 Å². The summed E-state index contributed by atoms with van der Waals surface area (Å²) in [6, 6.07) is 7.88. The first-order valence-corrected chi connectivity index (χ1v) is 5.28. The fourth-order valence-electron chi connectivity index (χ4n) is 1.95. The summed E-state index contributed by atoms with van der Waals surface area (Å²) >= 11 is 0. The molecule has 2 rings (SSSR count). The van der Waals surface area contributed by atoms with E-state index >= 15 is 0 Å². The molecule has 1 unspecified atom stereocenters. The Kier molecular flexibility index (Phi) is 2.35. The average Bonchev–Trinajstić information content (AvgIpc) is 2.52. The average molecular weight is 201 g/mol. The summed E-state index contributed by atoms with van der Waals surface area (Å²) < 4.78 is 0. The van der Waals surface area contributed by atoms with Crippen molar-refractivity contribution in [2.45, 2.75) is 26.3 Å². The molecule has 2 nitrogen and oxygen atoms in total. The zero-order valence-electron chi connectivity index (χ0n) is 9.16. The van der Waals surface area contributed by atoms with Crippen molar-refractivity contribution in [2.75, 3.05) is 0 Å². The lowest BCUT2D eigenvalue weighted by atomic mass is 10.1. The SMILES string of the molecule is C=C1c2ccccc2C(=O)N1C(C)CC. The zero-order chi connectivity index (χ0) is 11.0. The van der Waals surface area contributed by atoms with E-state index in [0.717, 1.165) is 23.2 Å². The Morgan fingerprint density at radius 3 is 2.47 bits per heavy atom. The second-order valence-corrected chi connectivity index (χ2v) is 3.92. The molecule has 1 aromatic carbocycles. The molecule has 1 heterocycles. The molecular formula is C13H15NO. The summed E-state index contributed by atoms with van der Waals surface area (Å²) in [5.74, 6) is 0.0879. The van der Waals surface area contributed by atoms with Crippen LogP contribution < -0.4 is 0 Å². The standard InChI is InChI=1S/C13H15NO/c1-4-9(2)14-10(3)11-7-5-6-8-12(11)13(14)15/h5-9H,3-4H2,1-2H3. The predicted molar refractivity (Wildman–Crippen MR) is 61.4 cm³/mol. The molecule has 0 fully saturated rings. The van der Waals surface area contributed by atoms with E-state index in [1.165, 1.54) is 0 Å². The molecule has 1 amide bonds. The number of hydrogen-bond donors (Lipinski definition) is 0. The molecule has 0 aliphatic carbocycles. The summed E-state index contributed by atoms with van der Waals surface area (Å²) in [4.78, 5) is 13.9. The molecule has 1 aliphatic rings. The van der Waals surface area contributed by atoms with Crippen LogP contribution in [0.3, 0.4) is 0 Å². The Hall–Kier alpha value is -1.57. The van der Waals surface area contributed by atoms with Crippen molar-refractivity contribution in [3.05, 3.63) is 42.0 Å². The number of rotatable bonds is 2. The molecule has 78 valence electrons. The van der Waals surface area contributed by atoms with Gasteiger partial charge in [0.2, 0.25) is 0 Å². The minimum absolute atomic E-state index is 0.0879. The summed E-state index contributed by atoms with van der Waals surface area (Å²) in [6.45, 7) is 8.13. The Morgan fingerprint density at radius 2 is 1.93 bits per heavy atom. The number of hydrogen-bond acceptors (Lipinski definition) is 1. The highest BCUT2D eigenvalue weighted by Gasteiger charge is 2.32. The van der Waals surface area contributed by atoms with Crippen LogP contribution in [-0.2, 0) is 0 Å². The van der Waals surface area contributed by atoms with Crippen molar-refractivity contribution in [2.24, 2.45) is 0 Å². The third-order valence-corrected chi connectivity index (χ3v) is 3.01. The molecule has 0 saturated carbocycles. The van der Waals surface area contributed by atoms with Crippen LogP contribution in [0.1, 0.15) is 36.2 Å². The largest absolute Gasteiger partial charge is 0.306 e. The number of amides is 1. The van der Waals surface area contributed by atoms with Gasteiger partial charge in [-0.05, 0) is 19.4 Å². The van der Waals surface area contributed by atoms with Crippen molar-refractivity contribution in [1.29, 1.82) is 0 Å². The van der Waals surface area contributed by atoms with Crippen molar-refractivity contribution in [1.82, 2.24) is 4.90 Å². The molecule has 0 bridgehead atoms. The van der Waals surface area contributed by atoms with Gasteiger partial charge < -0.3 is 4.90 Å². The summed E-state index contributed by atoms with van der Waals surface area (Å²) in [7, 11) is 0. The van der Waals surface area contributed by atoms with Gasteiger partial charge in [0.15, 0.2) is 0 Å². The third kappa shape index (κ3) is 1.37. The Bertz CT molecular complexity index is 387. The van der Waals surface area contributed by atoms with Gasteiger partial charge in [0.1, 0.15) is 0 Å². The lowest BCUT2D eigenvalue weighted by Crippen LogP contribution is -2.31. The molecule has 0 aromatic heterocycles. The highest BCUT2D eigenvalue weighted by atomic mass is 16.2. The number of carbonyl (C=O) groups is 1. The van der Waals surface area contributed by atoms with Crippen LogP contribution in [0.15, 0.2) is 30.8 Å². The maximum Gasteiger partial charge on any atom is 0.259 e. The highest BCUT2D eigenvalue weighted by Crippen LogP contribution is 2.33. The quantitative estimate of drug-likeness (QED) is 0.720. The molecule has 1 aromatic rings. The van der Waals surface area contributed by atoms with E-state index in [1.54, 1.807) is 4.90 Å². The third-order valence-electron chi connectivity index (χ3n) is 3.01. The van der Waals surface area contributed by atoms with Crippen LogP contribution in [0.25, 0.3) is 5.70 Å². The number of benzene rings is 1. The van der Waals surface area contributed by atoms with Crippen molar-refractivity contribution in [3.8, 4) is 0 Å². The van der Waals surface area contributed by atoms with E-state index in [4.69, 9.17) is 0 Å². The lowest BCUT2D eigenvalue weighted by molar-refractivity contribution is 0.0810.